The Morgan fingerprint density at radius 3 is 1.60 bits per heavy atom. The highest BCUT2D eigenvalue weighted by Crippen LogP contribution is 2.38. The van der Waals surface area contributed by atoms with E-state index >= 15 is 0 Å². The van der Waals surface area contributed by atoms with E-state index in [9.17, 15) is 8.78 Å². The van der Waals surface area contributed by atoms with Crippen LogP contribution in [0, 0.1) is 5.41 Å². The Bertz CT molecular complexity index is 199. The molecule has 0 aromatic carbocycles. The van der Waals surface area contributed by atoms with E-state index in [1.165, 1.54) is 0 Å². The average molecular weight is 221 g/mol. The summed E-state index contributed by atoms with van der Waals surface area (Å²) in [6.45, 7) is 11.3. The highest BCUT2D eigenvalue weighted by atomic mass is 19.3. The van der Waals surface area contributed by atoms with E-state index < -0.39 is 11.3 Å². The van der Waals surface area contributed by atoms with Gasteiger partial charge in [0.2, 0.25) is 0 Å². The lowest BCUT2D eigenvalue weighted by atomic mass is 9.86. The van der Waals surface area contributed by atoms with Gasteiger partial charge in [-0.25, -0.2) is 8.78 Å². The molecule has 0 aromatic rings. The first-order valence-corrected chi connectivity index (χ1v) is 5.47. The highest BCUT2D eigenvalue weighted by molar-refractivity contribution is 4.83. The van der Waals surface area contributed by atoms with E-state index in [4.69, 9.17) is 0 Å². The van der Waals surface area contributed by atoms with E-state index in [2.05, 4.69) is 0 Å². The molecule has 0 spiro atoms. The second-order valence-corrected chi connectivity index (χ2v) is 6.30. The minimum Gasteiger partial charge on any atom is -0.301 e. The van der Waals surface area contributed by atoms with Crippen molar-refractivity contribution in [3.63, 3.8) is 0 Å². The zero-order valence-corrected chi connectivity index (χ0v) is 11.1. The fourth-order valence-corrected chi connectivity index (χ4v) is 1.02. The summed E-state index contributed by atoms with van der Waals surface area (Å²) >= 11 is 0. The largest absolute Gasteiger partial charge is 0.301 e. The van der Waals surface area contributed by atoms with Crippen LogP contribution in [0.5, 0.6) is 0 Å². The van der Waals surface area contributed by atoms with Crippen LogP contribution < -0.4 is 0 Å². The van der Waals surface area contributed by atoms with Crippen molar-refractivity contribution in [2.75, 3.05) is 13.6 Å². The van der Waals surface area contributed by atoms with Crippen LogP contribution in [0.3, 0.4) is 0 Å². The summed E-state index contributed by atoms with van der Waals surface area (Å²) in [7, 11) is 1.89. The van der Waals surface area contributed by atoms with Crippen LogP contribution in [-0.2, 0) is 0 Å². The van der Waals surface area contributed by atoms with Crippen molar-refractivity contribution in [2.24, 2.45) is 5.41 Å². The third-order valence-electron chi connectivity index (χ3n) is 3.00. The molecule has 0 amide bonds. The van der Waals surface area contributed by atoms with Gasteiger partial charge in [-0.1, -0.05) is 20.8 Å². The van der Waals surface area contributed by atoms with Gasteiger partial charge in [-0.2, -0.15) is 0 Å². The van der Waals surface area contributed by atoms with Crippen LogP contribution in [0.2, 0.25) is 0 Å². The summed E-state index contributed by atoms with van der Waals surface area (Å²) in [6.07, 6.45) is -0.0791. The van der Waals surface area contributed by atoms with Crippen molar-refractivity contribution in [1.29, 1.82) is 0 Å². The Kier molecular flexibility index (Phi) is 4.31. The molecule has 0 aliphatic rings. The maximum Gasteiger partial charge on any atom is 0.254 e. The summed E-state index contributed by atoms with van der Waals surface area (Å²) in [4.78, 5) is 1.96. The van der Waals surface area contributed by atoms with Gasteiger partial charge in [-0.3, -0.25) is 0 Å². The number of nitrogens with zero attached hydrogens (tertiary/aromatic N) is 1. The molecule has 0 atom stereocenters. The molecule has 3 heteroatoms. The predicted molar refractivity (Wildman–Crippen MR) is 61.4 cm³/mol. The molecule has 0 radical (unpaired) electrons. The number of halogens is 2. The van der Waals surface area contributed by atoms with Crippen LogP contribution in [-0.4, -0.2) is 30.0 Å². The van der Waals surface area contributed by atoms with Gasteiger partial charge in [0.05, 0.1) is 0 Å². The number of hydrogen-bond acceptors (Lipinski definition) is 1. The molecule has 0 fully saturated rings. The molecule has 0 aromatic heterocycles. The average Bonchev–Trinajstić information content (AvgIpc) is 1.96. The minimum absolute atomic E-state index is 0.0477. The lowest BCUT2D eigenvalue weighted by molar-refractivity contribution is -0.108. The van der Waals surface area contributed by atoms with Crippen LogP contribution >= 0.6 is 0 Å². The van der Waals surface area contributed by atoms with Crippen molar-refractivity contribution >= 4 is 0 Å². The summed E-state index contributed by atoms with van der Waals surface area (Å²) < 4.78 is 27.3. The fraction of sp³-hybridized carbons (Fsp3) is 1.00. The van der Waals surface area contributed by atoms with Crippen molar-refractivity contribution in [2.45, 2.75) is 59.4 Å². The van der Waals surface area contributed by atoms with E-state index in [0.717, 1.165) is 0 Å². The Morgan fingerprint density at radius 1 is 0.933 bits per heavy atom. The lowest BCUT2D eigenvalue weighted by Crippen LogP contribution is -2.43. The molecule has 92 valence electrons. The lowest BCUT2D eigenvalue weighted by Gasteiger charge is -2.36. The first-order valence-electron chi connectivity index (χ1n) is 5.47. The summed E-state index contributed by atoms with van der Waals surface area (Å²) in [5.74, 6) is -2.60. The van der Waals surface area contributed by atoms with Crippen LogP contribution in [0.1, 0.15) is 48.0 Å². The second kappa shape index (κ2) is 4.36. The van der Waals surface area contributed by atoms with Gasteiger partial charge in [-0.15, -0.1) is 0 Å². The SMILES string of the molecule is CN(CCC(F)(F)C(C)(C)C)C(C)(C)C. The standard InChI is InChI=1S/C12H25F2N/c1-10(2,3)12(13,14)8-9-15(7)11(4,5)6/h8-9H2,1-7H3. The normalized spacial score (nSPS) is 14.8. The molecule has 0 saturated heterocycles. The maximum atomic E-state index is 13.7. The molecular formula is C12H25F2N. The highest BCUT2D eigenvalue weighted by Gasteiger charge is 2.42. The Morgan fingerprint density at radius 2 is 1.33 bits per heavy atom. The van der Waals surface area contributed by atoms with Crippen molar-refractivity contribution < 1.29 is 8.78 Å². The molecule has 0 rings (SSSR count). The molecule has 0 heterocycles. The van der Waals surface area contributed by atoms with Gasteiger partial charge in [0.1, 0.15) is 0 Å². The molecule has 1 nitrogen and oxygen atoms in total. The molecule has 0 bridgehead atoms. The topological polar surface area (TPSA) is 3.24 Å². The van der Waals surface area contributed by atoms with Gasteiger partial charge in [0.25, 0.3) is 5.92 Å². The van der Waals surface area contributed by atoms with Gasteiger partial charge < -0.3 is 4.90 Å². The number of rotatable bonds is 3. The monoisotopic (exact) mass is 221 g/mol. The molecule has 0 N–H and O–H groups in total. The Balaban J connectivity index is 4.29. The van der Waals surface area contributed by atoms with Gasteiger partial charge in [-0.05, 0) is 27.8 Å². The summed E-state index contributed by atoms with van der Waals surface area (Å²) in [5, 5.41) is 0. The van der Waals surface area contributed by atoms with Gasteiger partial charge >= 0.3 is 0 Å². The van der Waals surface area contributed by atoms with Crippen LogP contribution in [0.25, 0.3) is 0 Å². The molecule has 0 unspecified atom stereocenters. The van der Waals surface area contributed by atoms with E-state index in [1.807, 2.05) is 32.7 Å². The smallest absolute Gasteiger partial charge is 0.254 e. The van der Waals surface area contributed by atoms with Gasteiger partial charge in [0, 0.05) is 23.9 Å². The maximum absolute atomic E-state index is 13.7. The molecule has 0 aliphatic carbocycles. The van der Waals surface area contributed by atoms with E-state index in [0.29, 0.717) is 6.54 Å². The van der Waals surface area contributed by atoms with Gasteiger partial charge in [0.15, 0.2) is 0 Å². The fourth-order valence-electron chi connectivity index (χ4n) is 1.02. The summed E-state index contributed by atoms with van der Waals surface area (Å²) in [6, 6.07) is 0. The van der Waals surface area contributed by atoms with Crippen molar-refractivity contribution in [3.8, 4) is 0 Å². The molecular weight excluding hydrogens is 196 g/mol. The van der Waals surface area contributed by atoms with Crippen molar-refractivity contribution in [3.05, 3.63) is 0 Å². The number of hydrogen-bond donors (Lipinski definition) is 0. The molecule has 0 saturated carbocycles. The first-order chi connectivity index (χ1) is 6.38. The first kappa shape index (κ1) is 14.8. The van der Waals surface area contributed by atoms with Crippen LogP contribution in [0.4, 0.5) is 8.78 Å². The molecule has 15 heavy (non-hydrogen) atoms. The predicted octanol–water partition coefficient (Wildman–Crippen LogP) is 3.79. The second-order valence-electron chi connectivity index (χ2n) is 6.30. The third-order valence-corrected chi connectivity index (χ3v) is 3.00. The Labute approximate surface area is 92.8 Å². The Hall–Kier alpha value is -0.180. The minimum atomic E-state index is -2.60. The number of alkyl halides is 2. The third kappa shape index (κ3) is 4.45. The quantitative estimate of drug-likeness (QED) is 0.701. The van der Waals surface area contributed by atoms with E-state index in [-0.39, 0.29) is 12.0 Å². The van der Waals surface area contributed by atoms with E-state index in [1.54, 1.807) is 20.8 Å². The van der Waals surface area contributed by atoms with Crippen molar-refractivity contribution in [1.82, 2.24) is 4.90 Å². The molecule has 0 aliphatic heterocycles. The zero-order valence-electron chi connectivity index (χ0n) is 11.1. The zero-order chi connectivity index (χ0) is 12.5. The summed E-state index contributed by atoms with van der Waals surface area (Å²) in [5.41, 5.74) is -1.00. The van der Waals surface area contributed by atoms with Crippen LogP contribution in [0.15, 0.2) is 0 Å².